The lowest BCUT2D eigenvalue weighted by atomic mass is 9.87. The van der Waals surface area contributed by atoms with Crippen molar-refractivity contribution in [2.24, 2.45) is 0 Å². The molecule has 3 heteroatoms. The van der Waals surface area contributed by atoms with Crippen molar-refractivity contribution in [3.8, 4) is 5.75 Å². The van der Waals surface area contributed by atoms with Gasteiger partial charge in [-0.3, -0.25) is 4.79 Å². The van der Waals surface area contributed by atoms with E-state index in [9.17, 15) is 4.79 Å². The van der Waals surface area contributed by atoms with E-state index in [1.165, 1.54) is 5.56 Å². The Morgan fingerprint density at radius 2 is 1.95 bits per heavy atom. The van der Waals surface area contributed by atoms with Crippen molar-refractivity contribution in [3.63, 3.8) is 0 Å². The van der Waals surface area contributed by atoms with Crippen LogP contribution in [0.2, 0.25) is 0 Å². The van der Waals surface area contributed by atoms with E-state index in [-0.39, 0.29) is 11.7 Å². The van der Waals surface area contributed by atoms with E-state index in [0.717, 1.165) is 22.6 Å². The Labute approximate surface area is 129 Å². The predicted molar refractivity (Wildman–Crippen MR) is 86.5 cm³/mol. The fraction of sp³-hybridized carbons (Fsp3) is 0.278. The summed E-state index contributed by atoms with van der Waals surface area (Å²) in [7, 11) is 0. The Kier molecular flexibility index (Phi) is 4.30. The number of ketones is 1. The molecule has 3 rings (SSSR count). The number of carbonyl (C=O) groups is 1. The second-order valence-corrected chi connectivity index (χ2v) is 6.05. The first-order valence-electron chi connectivity index (χ1n) is 7.17. The fourth-order valence-corrected chi connectivity index (χ4v) is 3.45. The Balaban J connectivity index is 1.83. The molecule has 1 aliphatic rings. The van der Waals surface area contributed by atoms with Gasteiger partial charge in [0.05, 0.1) is 6.61 Å². The smallest absolute Gasteiger partial charge is 0.164 e. The van der Waals surface area contributed by atoms with Gasteiger partial charge in [0.15, 0.2) is 5.78 Å². The lowest BCUT2D eigenvalue weighted by Crippen LogP contribution is -2.17. The summed E-state index contributed by atoms with van der Waals surface area (Å²) >= 11 is 1.63. The molecule has 108 valence electrons. The van der Waals surface area contributed by atoms with Crippen LogP contribution >= 0.6 is 11.8 Å². The van der Waals surface area contributed by atoms with Crippen LogP contribution in [0.15, 0.2) is 53.4 Å². The van der Waals surface area contributed by atoms with Gasteiger partial charge in [-0.15, -0.1) is 11.8 Å². The summed E-state index contributed by atoms with van der Waals surface area (Å²) in [5.74, 6) is 1.42. The van der Waals surface area contributed by atoms with E-state index in [0.29, 0.717) is 13.0 Å². The van der Waals surface area contributed by atoms with Crippen molar-refractivity contribution in [2.45, 2.75) is 23.7 Å². The molecule has 0 N–H and O–H groups in total. The van der Waals surface area contributed by atoms with E-state index in [4.69, 9.17) is 4.74 Å². The number of ether oxygens (including phenoxy) is 1. The van der Waals surface area contributed by atoms with Gasteiger partial charge in [-0.25, -0.2) is 0 Å². The van der Waals surface area contributed by atoms with Crippen LogP contribution in [-0.2, 0) is 0 Å². The van der Waals surface area contributed by atoms with Crippen LogP contribution in [0, 0.1) is 0 Å². The third-order valence-corrected chi connectivity index (χ3v) is 4.72. The van der Waals surface area contributed by atoms with Gasteiger partial charge in [-0.05, 0) is 36.3 Å². The summed E-state index contributed by atoms with van der Waals surface area (Å²) in [6.07, 6.45) is 3.47. The first-order chi connectivity index (χ1) is 10.3. The molecule has 0 saturated carbocycles. The van der Waals surface area contributed by atoms with Gasteiger partial charge >= 0.3 is 0 Å². The lowest BCUT2D eigenvalue weighted by molar-refractivity contribution is 0.0963. The highest BCUT2D eigenvalue weighted by atomic mass is 32.2. The normalized spacial score (nSPS) is 16.9. The van der Waals surface area contributed by atoms with Crippen molar-refractivity contribution in [2.75, 3.05) is 12.9 Å². The Morgan fingerprint density at radius 3 is 2.81 bits per heavy atom. The SMILES string of the molecule is CSc1ccccc1C(=O)CC1CCOc2ccccc21. The van der Waals surface area contributed by atoms with Gasteiger partial charge in [-0.2, -0.15) is 0 Å². The molecule has 1 unspecified atom stereocenters. The molecule has 2 aromatic carbocycles. The summed E-state index contributed by atoms with van der Waals surface area (Å²) < 4.78 is 5.67. The van der Waals surface area contributed by atoms with Crippen molar-refractivity contribution < 1.29 is 9.53 Å². The molecule has 2 aromatic rings. The van der Waals surface area contributed by atoms with Crippen LogP contribution < -0.4 is 4.74 Å². The van der Waals surface area contributed by atoms with Crippen molar-refractivity contribution in [1.82, 2.24) is 0 Å². The molecule has 0 spiro atoms. The Bertz CT molecular complexity index is 651. The average molecular weight is 298 g/mol. The predicted octanol–water partition coefficient (Wildman–Crippen LogP) is 4.55. The minimum Gasteiger partial charge on any atom is -0.493 e. The number of hydrogen-bond donors (Lipinski definition) is 0. The minimum atomic E-state index is 0.224. The van der Waals surface area contributed by atoms with Crippen LogP contribution in [0.1, 0.15) is 34.7 Å². The molecule has 0 saturated heterocycles. The highest BCUT2D eigenvalue weighted by Gasteiger charge is 2.24. The summed E-state index contributed by atoms with van der Waals surface area (Å²) in [6, 6.07) is 15.9. The number of fused-ring (bicyclic) bond motifs is 1. The number of Topliss-reactive ketones (excluding diaryl/α,β-unsaturated/α-hetero) is 1. The zero-order valence-corrected chi connectivity index (χ0v) is 12.9. The third kappa shape index (κ3) is 2.98. The maximum atomic E-state index is 12.6. The van der Waals surface area contributed by atoms with Crippen molar-refractivity contribution in [1.29, 1.82) is 0 Å². The number of thioether (sulfide) groups is 1. The van der Waals surface area contributed by atoms with Gasteiger partial charge < -0.3 is 4.74 Å². The molecular weight excluding hydrogens is 280 g/mol. The number of hydrogen-bond acceptors (Lipinski definition) is 3. The highest BCUT2D eigenvalue weighted by molar-refractivity contribution is 7.98. The number of benzene rings is 2. The molecule has 21 heavy (non-hydrogen) atoms. The number of para-hydroxylation sites is 1. The standard InChI is InChI=1S/C18H18O2S/c1-21-18-9-5-3-7-15(18)16(19)12-13-10-11-20-17-8-4-2-6-14(13)17/h2-9,13H,10-12H2,1H3. The molecule has 0 aliphatic carbocycles. The second-order valence-electron chi connectivity index (χ2n) is 5.20. The first-order valence-corrected chi connectivity index (χ1v) is 8.40. The van der Waals surface area contributed by atoms with Gasteiger partial charge in [0.1, 0.15) is 5.75 Å². The van der Waals surface area contributed by atoms with Crippen LogP contribution in [0.5, 0.6) is 5.75 Å². The molecule has 0 amide bonds. The zero-order valence-electron chi connectivity index (χ0n) is 12.0. The monoisotopic (exact) mass is 298 g/mol. The van der Waals surface area contributed by atoms with E-state index in [1.54, 1.807) is 11.8 Å². The third-order valence-electron chi connectivity index (χ3n) is 3.92. The lowest BCUT2D eigenvalue weighted by Gasteiger charge is -2.25. The van der Waals surface area contributed by atoms with Crippen LogP contribution in [0.25, 0.3) is 0 Å². The van der Waals surface area contributed by atoms with Crippen molar-refractivity contribution in [3.05, 3.63) is 59.7 Å². The Morgan fingerprint density at radius 1 is 1.19 bits per heavy atom. The molecule has 0 bridgehead atoms. The number of carbonyl (C=O) groups excluding carboxylic acids is 1. The van der Waals surface area contributed by atoms with Crippen molar-refractivity contribution >= 4 is 17.5 Å². The largest absolute Gasteiger partial charge is 0.493 e. The molecule has 0 radical (unpaired) electrons. The van der Waals surface area contributed by atoms with Gasteiger partial charge in [0.25, 0.3) is 0 Å². The average Bonchev–Trinajstić information content (AvgIpc) is 2.55. The highest BCUT2D eigenvalue weighted by Crippen LogP contribution is 2.36. The minimum absolute atomic E-state index is 0.224. The molecule has 1 heterocycles. The molecule has 0 fully saturated rings. The molecular formula is C18H18O2S. The van der Waals surface area contributed by atoms with Crippen LogP contribution in [0.3, 0.4) is 0 Å². The molecule has 1 aliphatic heterocycles. The van der Waals surface area contributed by atoms with E-state index >= 15 is 0 Å². The molecule has 1 atom stereocenters. The van der Waals surface area contributed by atoms with E-state index in [2.05, 4.69) is 6.07 Å². The molecule has 2 nitrogen and oxygen atoms in total. The summed E-state index contributed by atoms with van der Waals surface area (Å²) in [4.78, 5) is 13.7. The van der Waals surface area contributed by atoms with Gasteiger partial charge in [0.2, 0.25) is 0 Å². The maximum Gasteiger partial charge on any atom is 0.164 e. The quantitative estimate of drug-likeness (QED) is 0.612. The molecule has 0 aromatic heterocycles. The zero-order chi connectivity index (χ0) is 14.7. The summed E-state index contributed by atoms with van der Waals surface area (Å²) in [5.41, 5.74) is 2.01. The number of rotatable bonds is 4. The fourth-order valence-electron chi connectivity index (χ4n) is 2.84. The van der Waals surface area contributed by atoms with E-state index in [1.807, 2.05) is 48.7 Å². The van der Waals surface area contributed by atoms with Gasteiger partial charge in [-0.1, -0.05) is 36.4 Å². The van der Waals surface area contributed by atoms with Crippen LogP contribution in [0.4, 0.5) is 0 Å². The topological polar surface area (TPSA) is 26.3 Å². The summed E-state index contributed by atoms with van der Waals surface area (Å²) in [6.45, 7) is 0.694. The maximum absolute atomic E-state index is 12.6. The second kappa shape index (κ2) is 6.35. The first kappa shape index (κ1) is 14.2. The van der Waals surface area contributed by atoms with Gasteiger partial charge in [0, 0.05) is 16.9 Å². The Hall–Kier alpha value is -1.74. The van der Waals surface area contributed by atoms with E-state index < -0.39 is 0 Å². The van der Waals surface area contributed by atoms with Crippen LogP contribution in [-0.4, -0.2) is 18.6 Å². The summed E-state index contributed by atoms with van der Waals surface area (Å²) in [5, 5.41) is 0.